The molecule has 47 heavy (non-hydrogen) atoms. The molecule has 5 rings (SSSR count). The summed E-state index contributed by atoms with van der Waals surface area (Å²) in [6.45, 7) is 6.22. The Bertz CT molecular complexity index is 1680. The van der Waals surface area contributed by atoms with E-state index in [9.17, 15) is 14.2 Å². The van der Waals surface area contributed by atoms with Gasteiger partial charge in [-0.05, 0) is 86.7 Å². The van der Waals surface area contributed by atoms with Gasteiger partial charge in [0.25, 0.3) is 0 Å². The SMILES string of the molecule is CC(C)(C)OC(=O)NCCCCN1C(=O)C=C[C@H](OP(=O)(Oc2ccccc2)Oc2ccccc2)[C@@H]1Cc1ccc2ccccc2c1. The molecule has 10 heteroatoms. The molecule has 4 aromatic carbocycles. The zero-order chi connectivity index (χ0) is 33.3. The maximum absolute atomic E-state index is 14.4. The molecule has 9 nitrogen and oxygen atoms in total. The van der Waals surface area contributed by atoms with Crippen LogP contribution in [-0.2, 0) is 25.0 Å². The lowest BCUT2D eigenvalue weighted by molar-refractivity contribution is -0.131. The lowest BCUT2D eigenvalue weighted by atomic mass is 9.95. The van der Waals surface area contributed by atoms with Crippen molar-refractivity contribution in [2.45, 2.75) is 57.8 Å². The van der Waals surface area contributed by atoms with Crippen LogP contribution in [0.25, 0.3) is 10.8 Å². The summed E-state index contributed by atoms with van der Waals surface area (Å²) in [6, 6.07) is 31.1. The van der Waals surface area contributed by atoms with Crippen LogP contribution >= 0.6 is 7.82 Å². The lowest BCUT2D eigenvalue weighted by Gasteiger charge is -2.39. The minimum atomic E-state index is -4.27. The number of nitrogens with zero attached hydrogens (tertiary/aromatic N) is 1. The second-order valence-corrected chi connectivity index (χ2v) is 13.8. The number of ether oxygens (including phenoxy) is 1. The first kappa shape index (κ1) is 33.8. The number of para-hydroxylation sites is 2. The first-order valence-electron chi connectivity index (χ1n) is 15.8. The number of alkyl carbamates (subject to hydrolysis) is 1. The van der Waals surface area contributed by atoms with E-state index in [0.717, 1.165) is 16.3 Å². The Morgan fingerprint density at radius 2 is 1.45 bits per heavy atom. The summed E-state index contributed by atoms with van der Waals surface area (Å²) in [5.74, 6) is 0.463. The molecular formula is C37H41N2O7P. The van der Waals surface area contributed by atoms with Crippen molar-refractivity contribution in [1.82, 2.24) is 10.2 Å². The van der Waals surface area contributed by atoms with E-state index in [1.54, 1.807) is 59.5 Å². The van der Waals surface area contributed by atoms with Gasteiger partial charge < -0.3 is 24.0 Å². The predicted molar refractivity (Wildman–Crippen MR) is 182 cm³/mol. The average molecular weight is 657 g/mol. The zero-order valence-electron chi connectivity index (χ0n) is 26.9. The van der Waals surface area contributed by atoms with Crippen LogP contribution in [0.3, 0.4) is 0 Å². The molecule has 0 aliphatic carbocycles. The van der Waals surface area contributed by atoms with Gasteiger partial charge in [0.15, 0.2) is 0 Å². The summed E-state index contributed by atoms with van der Waals surface area (Å²) in [6.07, 6.45) is 3.42. The number of amides is 2. The van der Waals surface area contributed by atoms with Crippen molar-refractivity contribution in [2.75, 3.05) is 13.1 Å². The van der Waals surface area contributed by atoms with E-state index in [2.05, 4.69) is 17.4 Å². The van der Waals surface area contributed by atoms with Gasteiger partial charge in [-0.15, -0.1) is 0 Å². The van der Waals surface area contributed by atoms with Crippen molar-refractivity contribution >= 4 is 30.6 Å². The molecule has 0 saturated heterocycles. The van der Waals surface area contributed by atoms with Gasteiger partial charge in [-0.2, -0.15) is 0 Å². The first-order chi connectivity index (χ1) is 22.6. The van der Waals surface area contributed by atoms with Crippen molar-refractivity contribution in [1.29, 1.82) is 0 Å². The largest absolute Gasteiger partial charge is 0.588 e. The van der Waals surface area contributed by atoms with Crippen molar-refractivity contribution in [3.05, 3.63) is 121 Å². The number of unbranched alkanes of at least 4 members (excludes halogenated alkanes) is 1. The van der Waals surface area contributed by atoms with E-state index in [1.165, 1.54) is 6.08 Å². The molecule has 0 bridgehead atoms. The van der Waals surface area contributed by atoms with Gasteiger partial charge in [-0.25, -0.2) is 9.36 Å². The van der Waals surface area contributed by atoms with Gasteiger partial charge in [0, 0.05) is 19.2 Å². The summed E-state index contributed by atoms with van der Waals surface area (Å²) in [5, 5.41) is 4.95. The van der Waals surface area contributed by atoms with Crippen LogP contribution < -0.4 is 14.4 Å². The molecule has 0 saturated carbocycles. The van der Waals surface area contributed by atoms with Crippen molar-refractivity contribution < 1.29 is 32.5 Å². The number of phosphoric ester groups is 1. The van der Waals surface area contributed by atoms with Crippen LogP contribution in [0.5, 0.6) is 11.5 Å². The van der Waals surface area contributed by atoms with Gasteiger partial charge in [-0.1, -0.05) is 78.9 Å². The van der Waals surface area contributed by atoms with Gasteiger partial charge >= 0.3 is 13.9 Å². The monoisotopic (exact) mass is 656 g/mol. The number of benzene rings is 4. The quantitative estimate of drug-likeness (QED) is 0.115. The fourth-order valence-electron chi connectivity index (χ4n) is 5.30. The van der Waals surface area contributed by atoms with Crippen molar-refractivity contribution in [3.63, 3.8) is 0 Å². The van der Waals surface area contributed by atoms with Crippen LogP contribution in [-0.4, -0.2) is 47.7 Å². The summed E-state index contributed by atoms with van der Waals surface area (Å²) in [7, 11) is -4.27. The minimum Gasteiger partial charge on any atom is -0.444 e. The number of hydrogen-bond donors (Lipinski definition) is 1. The third kappa shape index (κ3) is 9.95. The molecule has 0 fully saturated rings. The zero-order valence-corrected chi connectivity index (χ0v) is 27.8. The smallest absolute Gasteiger partial charge is 0.444 e. The normalized spacial score (nSPS) is 16.6. The Morgan fingerprint density at radius 3 is 2.09 bits per heavy atom. The molecule has 1 aliphatic rings. The van der Waals surface area contributed by atoms with Gasteiger partial charge in [0.05, 0.1) is 6.04 Å². The molecule has 0 spiro atoms. The van der Waals surface area contributed by atoms with Gasteiger partial charge in [0.2, 0.25) is 5.91 Å². The number of rotatable bonds is 13. The minimum absolute atomic E-state index is 0.182. The number of hydrogen-bond acceptors (Lipinski definition) is 7. The van der Waals surface area contributed by atoms with Crippen molar-refractivity contribution in [3.8, 4) is 11.5 Å². The van der Waals surface area contributed by atoms with Crippen molar-refractivity contribution in [2.24, 2.45) is 0 Å². The fourth-order valence-corrected chi connectivity index (χ4v) is 6.69. The maximum atomic E-state index is 14.4. The number of carbonyl (C=O) groups excluding carboxylic acids is 2. The third-order valence-corrected chi connectivity index (χ3v) is 8.79. The third-order valence-electron chi connectivity index (χ3n) is 7.42. The highest BCUT2D eigenvalue weighted by atomic mass is 31.2. The van der Waals surface area contributed by atoms with Crippen LogP contribution in [0.15, 0.2) is 115 Å². The highest BCUT2D eigenvalue weighted by Crippen LogP contribution is 2.51. The highest BCUT2D eigenvalue weighted by Gasteiger charge is 2.41. The molecule has 2 atom stereocenters. The molecule has 0 unspecified atom stereocenters. The molecular weight excluding hydrogens is 615 g/mol. The van der Waals surface area contributed by atoms with E-state index in [-0.39, 0.29) is 5.91 Å². The molecule has 1 N–H and O–H groups in total. The van der Waals surface area contributed by atoms with Gasteiger partial charge in [-0.3, -0.25) is 9.32 Å². The summed E-state index contributed by atoms with van der Waals surface area (Å²) in [4.78, 5) is 27.2. The van der Waals surface area contributed by atoms with E-state index < -0.39 is 31.7 Å². The maximum Gasteiger partial charge on any atom is 0.588 e. The predicted octanol–water partition coefficient (Wildman–Crippen LogP) is 8.11. The summed E-state index contributed by atoms with van der Waals surface area (Å²) < 4.78 is 37.8. The van der Waals surface area contributed by atoms with E-state index in [0.29, 0.717) is 43.9 Å². The number of nitrogens with one attached hydrogen (secondary N) is 1. The second kappa shape index (κ2) is 15.3. The molecule has 246 valence electrons. The number of carbonyl (C=O) groups is 2. The second-order valence-electron chi connectivity index (χ2n) is 12.3. The van der Waals surface area contributed by atoms with E-state index in [1.807, 2.05) is 63.2 Å². The average Bonchev–Trinajstić information content (AvgIpc) is 3.03. The Kier molecular flexibility index (Phi) is 11.0. The standard InChI is InChI=1S/C37H41N2O7P/c1-37(2,3)43-36(41)38-24-12-13-25-39-33(27-28-20-21-29-14-10-11-15-30(29)26-28)34(22-23-35(39)40)46-47(42,44-31-16-6-4-7-17-31)45-32-18-8-5-9-19-32/h4-11,14-23,26,33-34H,12-13,24-25,27H2,1-3H3,(H,38,41)/t33-,34-/m0/s1. The Labute approximate surface area is 276 Å². The van der Waals surface area contributed by atoms with Gasteiger partial charge in [0.1, 0.15) is 23.2 Å². The highest BCUT2D eigenvalue weighted by molar-refractivity contribution is 7.49. The van der Waals surface area contributed by atoms with E-state index in [4.69, 9.17) is 18.3 Å². The number of fused-ring (bicyclic) bond motifs is 1. The molecule has 0 radical (unpaired) electrons. The first-order valence-corrected chi connectivity index (χ1v) is 17.2. The molecule has 4 aromatic rings. The Morgan fingerprint density at radius 1 is 0.830 bits per heavy atom. The molecule has 0 aromatic heterocycles. The van der Waals surface area contributed by atoms with Crippen LogP contribution in [0.2, 0.25) is 0 Å². The molecule has 2 amide bonds. The fraction of sp³-hybridized carbons (Fsp3) is 0.297. The van der Waals surface area contributed by atoms with Crippen LogP contribution in [0, 0.1) is 0 Å². The topological polar surface area (TPSA) is 103 Å². The Hall–Kier alpha value is -4.59. The van der Waals surface area contributed by atoms with E-state index >= 15 is 0 Å². The van der Waals surface area contributed by atoms with Crippen LogP contribution in [0.4, 0.5) is 4.79 Å². The summed E-state index contributed by atoms with van der Waals surface area (Å²) >= 11 is 0. The lowest BCUT2D eigenvalue weighted by Crippen LogP contribution is -2.51. The molecule has 1 heterocycles. The van der Waals surface area contributed by atoms with Crippen LogP contribution in [0.1, 0.15) is 39.2 Å². The molecule has 1 aliphatic heterocycles. The summed E-state index contributed by atoms with van der Waals surface area (Å²) in [5.41, 5.74) is 0.403. The Balaban J connectivity index is 1.38. The number of phosphoric acid groups is 1.